The van der Waals surface area contributed by atoms with Gasteiger partial charge in [0.05, 0.1) is 0 Å². The van der Waals surface area contributed by atoms with Gasteiger partial charge in [0, 0.05) is 13.1 Å². The summed E-state index contributed by atoms with van der Waals surface area (Å²) in [5, 5.41) is 8.57. The van der Waals surface area contributed by atoms with Crippen molar-refractivity contribution in [2.24, 2.45) is 34.5 Å². The van der Waals surface area contributed by atoms with Crippen molar-refractivity contribution in [3.8, 4) is 0 Å². The topological polar surface area (TPSA) is 125 Å². The van der Waals surface area contributed by atoms with Crippen molar-refractivity contribution in [3.05, 3.63) is 0 Å². The van der Waals surface area contributed by atoms with Gasteiger partial charge in [0.1, 0.15) is 17.6 Å². The molecular formula is C29H44N4O5. The number of carbonyl (C=O) groups excluding carboxylic acids is 5. The van der Waals surface area contributed by atoms with Crippen molar-refractivity contribution >= 4 is 29.9 Å². The number of hydrogen-bond acceptors (Lipinski definition) is 5. The van der Waals surface area contributed by atoms with E-state index in [0.717, 1.165) is 44.9 Å². The molecule has 4 saturated carbocycles. The van der Waals surface area contributed by atoms with Crippen LogP contribution in [0.3, 0.4) is 0 Å². The lowest BCUT2D eigenvalue weighted by atomic mass is 9.70. The van der Waals surface area contributed by atoms with Gasteiger partial charge in [-0.1, -0.05) is 53.4 Å². The lowest BCUT2D eigenvalue weighted by molar-refractivity contribution is -0.147. The van der Waals surface area contributed by atoms with E-state index in [9.17, 15) is 24.0 Å². The first-order valence-electron chi connectivity index (χ1n) is 14.6. The second-order valence-electron chi connectivity index (χ2n) is 13.6. The van der Waals surface area contributed by atoms with Gasteiger partial charge in [-0.15, -0.1) is 0 Å². The van der Waals surface area contributed by atoms with Crippen molar-refractivity contribution in [2.45, 2.75) is 103 Å². The first kappa shape index (κ1) is 27.1. The minimum Gasteiger partial charge on any atom is -0.349 e. The molecule has 210 valence electrons. The molecule has 6 atom stereocenters. The Morgan fingerprint density at radius 2 is 1.74 bits per heavy atom. The molecule has 9 nitrogen and oxygen atoms in total. The van der Waals surface area contributed by atoms with E-state index in [-0.39, 0.29) is 40.4 Å². The van der Waals surface area contributed by atoms with Crippen LogP contribution in [0, 0.1) is 34.5 Å². The summed E-state index contributed by atoms with van der Waals surface area (Å²) in [6, 6.07) is -1.41. The molecule has 0 bridgehead atoms. The van der Waals surface area contributed by atoms with Crippen LogP contribution in [0.1, 0.15) is 85.5 Å². The summed E-state index contributed by atoms with van der Waals surface area (Å²) in [6.07, 6.45) is 8.68. The molecular weight excluding hydrogens is 484 g/mol. The SMILES string of the molecule is CC[C@H]1C[C@]1(NC(=O)[C@@H]1[C@@H]2[C@H](CN1C(=O)[C@@H](NC=O)C1(C)CCCCC1)C2(C)C)C(=O)C(=O)NCC1CC1. The molecule has 0 aromatic rings. The van der Waals surface area contributed by atoms with Gasteiger partial charge in [0.2, 0.25) is 24.0 Å². The Labute approximate surface area is 225 Å². The molecule has 0 aromatic carbocycles. The van der Waals surface area contributed by atoms with Crippen molar-refractivity contribution in [1.82, 2.24) is 20.9 Å². The van der Waals surface area contributed by atoms with Crippen LogP contribution >= 0.6 is 0 Å². The number of amides is 4. The van der Waals surface area contributed by atoms with Crippen molar-refractivity contribution in [3.63, 3.8) is 0 Å². The van der Waals surface area contributed by atoms with E-state index in [1.165, 1.54) is 0 Å². The molecule has 1 heterocycles. The maximum Gasteiger partial charge on any atom is 0.289 e. The third-order valence-electron chi connectivity index (χ3n) is 10.7. The molecule has 1 saturated heterocycles. The van der Waals surface area contributed by atoms with E-state index in [1.54, 1.807) is 4.90 Å². The third-order valence-corrected chi connectivity index (χ3v) is 10.7. The summed E-state index contributed by atoms with van der Waals surface area (Å²) in [7, 11) is 0. The highest BCUT2D eigenvalue weighted by atomic mass is 16.2. The average Bonchev–Trinajstić information content (AvgIpc) is 3.84. The van der Waals surface area contributed by atoms with Crippen LogP contribution in [0.25, 0.3) is 0 Å². The Bertz CT molecular complexity index is 1020. The zero-order chi connectivity index (χ0) is 27.5. The molecule has 5 fully saturated rings. The second kappa shape index (κ2) is 9.63. The zero-order valence-corrected chi connectivity index (χ0v) is 23.3. The number of nitrogens with zero attached hydrogens (tertiary/aromatic N) is 1. The highest BCUT2D eigenvalue weighted by Gasteiger charge is 2.71. The Hall–Kier alpha value is -2.45. The van der Waals surface area contributed by atoms with Crippen molar-refractivity contribution in [1.29, 1.82) is 0 Å². The largest absolute Gasteiger partial charge is 0.349 e. The van der Waals surface area contributed by atoms with E-state index in [1.807, 2.05) is 6.92 Å². The van der Waals surface area contributed by atoms with E-state index in [0.29, 0.717) is 38.3 Å². The molecule has 0 radical (unpaired) electrons. The van der Waals surface area contributed by atoms with Gasteiger partial charge in [-0.05, 0) is 66.6 Å². The van der Waals surface area contributed by atoms with Crippen LogP contribution in [0.2, 0.25) is 0 Å². The van der Waals surface area contributed by atoms with Crippen molar-refractivity contribution < 1.29 is 24.0 Å². The van der Waals surface area contributed by atoms with E-state index >= 15 is 0 Å². The fourth-order valence-corrected chi connectivity index (χ4v) is 7.71. The molecule has 9 heteroatoms. The molecule has 3 N–H and O–H groups in total. The Kier molecular flexibility index (Phi) is 6.87. The van der Waals surface area contributed by atoms with E-state index in [2.05, 4.69) is 36.7 Å². The predicted molar refractivity (Wildman–Crippen MR) is 140 cm³/mol. The lowest BCUT2D eigenvalue weighted by Gasteiger charge is -2.42. The smallest absolute Gasteiger partial charge is 0.289 e. The highest BCUT2D eigenvalue weighted by molar-refractivity contribution is 6.41. The molecule has 0 spiro atoms. The standard InChI is InChI=1S/C29H44N4O5/c1-5-18-13-29(18,23(35)25(37)30-14-17-9-10-17)32-24(36)21-20-19(27(20,2)3)15-33(21)26(38)22(31-16-34)28(4)11-7-6-8-12-28/h16-22H,5-15H2,1-4H3,(H,30,37)(H,31,34)(H,32,36)/t18-,19-,20-,21-,22+,29+/m0/s1. The van der Waals surface area contributed by atoms with Gasteiger partial charge in [0.25, 0.3) is 5.91 Å². The molecule has 0 unspecified atom stereocenters. The third kappa shape index (κ3) is 4.53. The average molecular weight is 529 g/mol. The summed E-state index contributed by atoms with van der Waals surface area (Å²) < 4.78 is 0. The normalized spacial score (nSPS) is 34.9. The maximum atomic E-state index is 14.0. The molecule has 38 heavy (non-hydrogen) atoms. The van der Waals surface area contributed by atoms with E-state index < -0.39 is 29.3 Å². The monoisotopic (exact) mass is 528 g/mol. The first-order valence-corrected chi connectivity index (χ1v) is 14.6. The maximum absolute atomic E-state index is 14.0. The summed E-state index contributed by atoms with van der Waals surface area (Å²) in [4.78, 5) is 67.3. The molecule has 5 rings (SSSR count). The second-order valence-corrected chi connectivity index (χ2v) is 13.6. The number of hydrogen-bond donors (Lipinski definition) is 3. The Balaban J connectivity index is 1.36. The van der Waals surface area contributed by atoms with Gasteiger partial charge in [0.15, 0.2) is 0 Å². The van der Waals surface area contributed by atoms with Crippen molar-refractivity contribution in [2.75, 3.05) is 13.1 Å². The highest BCUT2D eigenvalue weighted by Crippen LogP contribution is 2.65. The zero-order valence-electron chi connectivity index (χ0n) is 23.3. The number of fused-ring (bicyclic) bond motifs is 1. The van der Waals surface area contributed by atoms with E-state index in [4.69, 9.17) is 0 Å². The van der Waals surface area contributed by atoms with Gasteiger partial charge in [-0.25, -0.2) is 0 Å². The summed E-state index contributed by atoms with van der Waals surface area (Å²) in [6.45, 7) is 9.21. The molecule has 4 aliphatic carbocycles. The predicted octanol–water partition coefficient (Wildman–Crippen LogP) is 1.93. The minimum absolute atomic E-state index is 0.0165. The van der Waals surface area contributed by atoms with Crippen LogP contribution < -0.4 is 16.0 Å². The van der Waals surface area contributed by atoms with Crippen LogP contribution in [0.5, 0.6) is 0 Å². The summed E-state index contributed by atoms with van der Waals surface area (Å²) in [5.74, 6) is -1.24. The van der Waals surface area contributed by atoms with Crippen LogP contribution in [-0.4, -0.2) is 65.5 Å². The Morgan fingerprint density at radius 1 is 1.05 bits per heavy atom. The van der Waals surface area contributed by atoms with Gasteiger partial charge >= 0.3 is 0 Å². The number of rotatable bonds is 11. The quantitative estimate of drug-likeness (QED) is 0.279. The summed E-state index contributed by atoms with van der Waals surface area (Å²) in [5.41, 5.74) is -1.64. The fourth-order valence-electron chi connectivity index (χ4n) is 7.71. The number of likely N-dealkylation sites (tertiary alicyclic amines) is 1. The Morgan fingerprint density at radius 3 is 2.32 bits per heavy atom. The lowest BCUT2D eigenvalue weighted by Crippen LogP contribution is -2.61. The van der Waals surface area contributed by atoms with Crippen LogP contribution in [0.15, 0.2) is 0 Å². The fraction of sp³-hybridized carbons (Fsp3) is 0.828. The molecule has 4 amide bonds. The molecule has 0 aromatic heterocycles. The van der Waals surface area contributed by atoms with Gasteiger partial charge in [-0.3, -0.25) is 24.0 Å². The van der Waals surface area contributed by atoms with Gasteiger partial charge in [-0.2, -0.15) is 0 Å². The number of carbonyl (C=O) groups is 5. The molecule has 1 aliphatic heterocycles. The summed E-state index contributed by atoms with van der Waals surface area (Å²) >= 11 is 0. The number of Topliss-reactive ketones (excluding diaryl/α,β-unsaturated/α-hetero) is 1. The number of ketones is 1. The van der Waals surface area contributed by atoms with Crippen LogP contribution in [-0.2, 0) is 24.0 Å². The minimum atomic E-state index is -1.19. The number of piperidine rings is 1. The molecule has 5 aliphatic rings. The first-order chi connectivity index (χ1) is 18.0. The number of nitrogens with one attached hydrogen (secondary N) is 3. The van der Waals surface area contributed by atoms with Crippen LogP contribution in [0.4, 0.5) is 0 Å². The van der Waals surface area contributed by atoms with Gasteiger partial charge < -0.3 is 20.9 Å².